The number of alkyl halides is 3. The van der Waals surface area contributed by atoms with Crippen molar-refractivity contribution in [1.82, 2.24) is 4.57 Å². The Balaban J connectivity index is 2.87. The molecule has 6 heteroatoms. The molecule has 0 saturated heterocycles. The Morgan fingerprint density at radius 1 is 1.60 bits per heavy atom. The molecule has 0 amide bonds. The van der Waals surface area contributed by atoms with Crippen LogP contribution in [0.15, 0.2) is 18.3 Å². The third-order valence-corrected chi connectivity index (χ3v) is 2.00. The van der Waals surface area contributed by atoms with Gasteiger partial charge in [-0.25, -0.2) is 4.79 Å². The Labute approximate surface area is 84.1 Å². The summed E-state index contributed by atoms with van der Waals surface area (Å²) in [7, 11) is 0. The van der Waals surface area contributed by atoms with Gasteiger partial charge >= 0.3 is 12.1 Å². The number of carbonyl (C=O) groups is 1. The predicted octanol–water partition coefficient (Wildman–Crippen LogP) is 2.70. The van der Waals surface area contributed by atoms with Crippen molar-refractivity contribution in [1.29, 1.82) is 0 Å². The Morgan fingerprint density at radius 3 is 2.67 bits per heavy atom. The Hall–Kier alpha value is -1.46. The number of halogens is 3. The van der Waals surface area contributed by atoms with Gasteiger partial charge in [0.25, 0.3) is 0 Å². The van der Waals surface area contributed by atoms with E-state index < -0.39 is 24.6 Å². The fourth-order valence-electron chi connectivity index (χ4n) is 1.39. The number of hydrogen-bond acceptors (Lipinski definition) is 1. The molecule has 0 fully saturated rings. The van der Waals surface area contributed by atoms with E-state index in [1.807, 2.05) is 0 Å². The molecule has 1 aromatic heterocycles. The van der Waals surface area contributed by atoms with Crippen LogP contribution in [0.5, 0.6) is 0 Å². The maximum absolute atomic E-state index is 12.1. The minimum absolute atomic E-state index is 0.133. The highest BCUT2D eigenvalue weighted by molar-refractivity contribution is 5.85. The van der Waals surface area contributed by atoms with E-state index in [1.165, 1.54) is 25.3 Å². The highest BCUT2D eigenvalue weighted by atomic mass is 19.4. The molecular formula is C9H10F3NO2. The maximum Gasteiger partial charge on any atom is 0.391 e. The number of rotatable bonds is 3. The zero-order valence-corrected chi connectivity index (χ0v) is 7.95. The molecule has 0 radical (unpaired) electrons. The predicted molar refractivity (Wildman–Crippen MR) is 46.8 cm³/mol. The molecule has 0 spiro atoms. The SMILES string of the molecule is CC(CC(F)(F)F)n1cccc1C(=O)O. The van der Waals surface area contributed by atoms with Crippen molar-refractivity contribution in [3.63, 3.8) is 0 Å². The van der Waals surface area contributed by atoms with Gasteiger partial charge in [0.05, 0.1) is 6.42 Å². The average Bonchev–Trinajstić information content (AvgIpc) is 2.47. The van der Waals surface area contributed by atoms with Crippen LogP contribution in [0.25, 0.3) is 0 Å². The van der Waals surface area contributed by atoms with Gasteiger partial charge in [0, 0.05) is 12.2 Å². The molecule has 0 aliphatic rings. The summed E-state index contributed by atoms with van der Waals surface area (Å²) in [6, 6.07) is 1.78. The number of carboxylic acid groups (broad SMARTS) is 1. The molecule has 0 bridgehead atoms. The van der Waals surface area contributed by atoms with Gasteiger partial charge in [0.1, 0.15) is 5.69 Å². The summed E-state index contributed by atoms with van der Waals surface area (Å²) in [5, 5.41) is 8.70. The lowest BCUT2D eigenvalue weighted by Crippen LogP contribution is -2.19. The van der Waals surface area contributed by atoms with E-state index in [-0.39, 0.29) is 5.69 Å². The maximum atomic E-state index is 12.1. The Morgan fingerprint density at radius 2 is 2.20 bits per heavy atom. The first-order valence-corrected chi connectivity index (χ1v) is 4.28. The van der Waals surface area contributed by atoms with E-state index in [9.17, 15) is 18.0 Å². The first-order valence-electron chi connectivity index (χ1n) is 4.28. The van der Waals surface area contributed by atoms with Gasteiger partial charge in [0.15, 0.2) is 0 Å². The quantitative estimate of drug-likeness (QED) is 0.852. The lowest BCUT2D eigenvalue weighted by molar-refractivity contribution is -0.141. The topological polar surface area (TPSA) is 42.2 Å². The largest absolute Gasteiger partial charge is 0.477 e. The first-order chi connectivity index (χ1) is 6.81. The standard InChI is InChI=1S/C9H10F3NO2/c1-6(5-9(10,11)12)13-4-2-3-7(13)8(14)15/h2-4,6H,5H2,1H3,(H,14,15). The van der Waals surface area contributed by atoms with Crippen LogP contribution in [0.4, 0.5) is 13.2 Å². The molecule has 15 heavy (non-hydrogen) atoms. The van der Waals surface area contributed by atoms with Gasteiger partial charge in [-0.15, -0.1) is 0 Å². The summed E-state index contributed by atoms with van der Waals surface area (Å²) in [6.45, 7) is 1.33. The molecule has 1 atom stereocenters. The monoisotopic (exact) mass is 221 g/mol. The number of carboxylic acids is 1. The van der Waals surface area contributed by atoms with Crippen LogP contribution in [0.1, 0.15) is 29.9 Å². The van der Waals surface area contributed by atoms with Crippen LogP contribution in [0, 0.1) is 0 Å². The van der Waals surface area contributed by atoms with Crippen LogP contribution < -0.4 is 0 Å². The molecule has 3 nitrogen and oxygen atoms in total. The summed E-state index contributed by atoms with van der Waals surface area (Å²) in [6.07, 6.45) is -4.00. The van der Waals surface area contributed by atoms with Crippen LogP contribution in [0.3, 0.4) is 0 Å². The third kappa shape index (κ3) is 3.00. The number of nitrogens with zero attached hydrogens (tertiary/aromatic N) is 1. The molecule has 1 N–H and O–H groups in total. The summed E-state index contributed by atoms with van der Waals surface area (Å²) in [5.74, 6) is -1.23. The van der Waals surface area contributed by atoms with E-state index in [4.69, 9.17) is 5.11 Å². The molecule has 0 saturated carbocycles. The smallest absolute Gasteiger partial charge is 0.391 e. The number of aromatic carboxylic acids is 1. The second-order valence-corrected chi connectivity index (χ2v) is 3.27. The van der Waals surface area contributed by atoms with Crippen LogP contribution in [-0.4, -0.2) is 21.8 Å². The minimum atomic E-state index is -4.29. The molecule has 1 rings (SSSR count). The van der Waals surface area contributed by atoms with Gasteiger partial charge in [-0.1, -0.05) is 0 Å². The Bertz CT molecular complexity index is 356. The minimum Gasteiger partial charge on any atom is -0.477 e. The van der Waals surface area contributed by atoms with Gasteiger partial charge in [0.2, 0.25) is 0 Å². The van der Waals surface area contributed by atoms with Crippen LogP contribution >= 0.6 is 0 Å². The number of aromatic nitrogens is 1. The van der Waals surface area contributed by atoms with E-state index in [0.29, 0.717) is 0 Å². The second-order valence-electron chi connectivity index (χ2n) is 3.27. The van der Waals surface area contributed by atoms with Crippen LogP contribution in [-0.2, 0) is 0 Å². The van der Waals surface area contributed by atoms with E-state index in [0.717, 1.165) is 4.57 Å². The third-order valence-electron chi connectivity index (χ3n) is 2.00. The van der Waals surface area contributed by atoms with Crippen molar-refractivity contribution in [3.05, 3.63) is 24.0 Å². The van der Waals surface area contributed by atoms with Gasteiger partial charge in [-0.2, -0.15) is 13.2 Å². The van der Waals surface area contributed by atoms with Crippen molar-refractivity contribution in [2.45, 2.75) is 25.6 Å². The van der Waals surface area contributed by atoms with Crippen LogP contribution in [0.2, 0.25) is 0 Å². The van der Waals surface area contributed by atoms with Crippen molar-refractivity contribution in [2.24, 2.45) is 0 Å². The fourth-order valence-corrected chi connectivity index (χ4v) is 1.39. The normalized spacial score (nSPS) is 13.9. The molecule has 1 unspecified atom stereocenters. The molecule has 0 aromatic carbocycles. The lowest BCUT2D eigenvalue weighted by Gasteiger charge is -2.17. The summed E-state index contributed by atoms with van der Waals surface area (Å²) in [4.78, 5) is 10.7. The first kappa shape index (κ1) is 11.6. The van der Waals surface area contributed by atoms with E-state index >= 15 is 0 Å². The summed E-state index contributed by atoms with van der Waals surface area (Å²) >= 11 is 0. The summed E-state index contributed by atoms with van der Waals surface area (Å²) in [5.41, 5.74) is -0.133. The van der Waals surface area contributed by atoms with Gasteiger partial charge in [-0.3, -0.25) is 0 Å². The number of hydrogen-bond donors (Lipinski definition) is 1. The fraction of sp³-hybridized carbons (Fsp3) is 0.444. The van der Waals surface area contributed by atoms with Crippen molar-refractivity contribution in [2.75, 3.05) is 0 Å². The molecular weight excluding hydrogens is 211 g/mol. The second kappa shape index (κ2) is 3.96. The van der Waals surface area contributed by atoms with Gasteiger partial charge < -0.3 is 9.67 Å². The summed E-state index contributed by atoms with van der Waals surface area (Å²) < 4.78 is 37.3. The van der Waals surface area contributed by atoms with Crippen molar-refractivity contribution in [3.8, 4) is 0 Å². The molecule has 84 valence electrons. The highest BCUT2D eigenvalue weighted by Gasteiger charge is 2.31. The van der Waals surface area contributed by atoms with E-state index in [1.54, 1.807) is 0 Å². The average molecular weight is 221 g/mol. The highest BCUT2D eigenvalue weighted by Crippen LogP contribution is 2.28. The van der Waals surface area contributed by atoms with Gasteiger partial charge in [-0.05, 0) is 19.1 Å². The van der Waals surface area contributed by atoms with E-state index in [2.05, 4.69) is 0 Å². The molecule has 1 heterocycles. The molecule has 1 aromatic rings. The Kier molecular flexibility index (Phi) is 3.06. The lowest BCUT2D eigenvalue weighted by atomic mass is 10.2. The van der Waals surface area contributed by atoms with Crippen molar-refractivity contribution >= 4 is 5.97 Å². The zero-order chi connectivity index (χ0) is 11.6. The zero-order valence-electron chi connectivity index (χ0n) is 7.95. The molecule has 0 aliphatic carbocycles. The molecule has 0 aliphatic heterocycles. The van der Waals surface area contributed by atoms with Crippen molar-refractivity contribution < 1.29 is 23.1 Å².